The van der Waals surface area contributed by atoms with Crippen molar-refractivity contribution >= 4 is 11.6 Å². The molecule has 0 radical (unpaired) electrons. The maximum Gasteiger partial charge on any atom is 0.349 e. The Labute approximate surface area is 175 Å². The van der Waals surface area contributed by atoms with Crippen LogP contribution >= 0.6 is 0 Å². The molecular formula is C23H28FN3O3. The van der Waals surface area contributed by atoms with Gasteiger partial charge in [0.05, 0.1) is 0 Å². The Kier molecular flexibility index (Phi) is 6.18. The summed E-state index contributed by atoms with van der Waals surface area (Å²) in [7, 11) is 0. The predicted octanol–water partition coefficient (Wildman–Crippen LogP) is 2.95. The van der Waals surface area contributed by atoms with Crippen LogP contribution in [0.4, 0.5) is 10.1 Å². The fraction of sp³-hybridized carbons (Fsp3) is 0.478. The molecular weight excluding hydrogens is 385 g/mol. The van der Waals surface area contributed by atoms with Gasteiger partial charge in [-0.25, -0.2) is 9.18 Å². The highest BCUT2D eigenvalue weighted by molar-refractivity contribution is 5.95. The van der Waals surface area contributed by atoms with Crippen molar-refractivity contribution in [1.29, 1.82) is 0 Å². The van der Waals surface area contributed by atoms with Crippen LogP contribution < -0.4 is 21.2 Å². The maximum absolute atomic E-state index is 13.1. The Morgan fingerprint density at radius 2 is 1.93 bits per heavy atom. The van der Waals surface area contributed by atoms with Crippen LogP contribution in [0.15, 0.2) is 39.5 Å². The molecule has 1 aromatic heterocycles. The van der Waals surface area contributed by atoms with E-state index in [9.17, 15) is 14.0 Å². The van der Waals surface area contributed by atoms with E-state index in [0.717, 1.165) is 57.5 Å². The van der Waals surface area contributed by atoms with Crippen LogP contribution in [0.1, 0.15) is 53.3 Å². The number of halogens is 1. The molecule has 2 aromatic rings. The first-order valence-corrected chi connectivity index (χ1v) is 10.7. The zero-order valence-electron chi connectivity index (χ0n) is 17.2. The average molecular weight is 413 g/mol. The molecule has 2 saturated heterocycles. The topological polar surface area (TPSA) is 74.6 Å². The Morgan fingerprint density at radius 1 is 1.20 bits per heavy atom. The number of aryl methyl sites for hydroxylation is 1. The third kappa shape index (κ3) is 4.56. The lowest BCUT2D eigenvalue weighted by Gasteiger charge is -2.34. The van der Waals surface area contributed by atoms with Crippen molar-refractivity contribution < 1.29 is 13.6 Å². The van der Waals surface area contributed by atoms with Crippen molar-refractivity contribution in [2.24, 2.45) is 0 Å². The Bertz CT molecular complexity index is 943. The summed E-state index contributed by atoms with van der Waals surface area (Å²) >= 11 is 0. The number of amides is 1. The fourth-order valence-electron chi connectivity index (χ4n) is 4.39. The number of carbonyl (C=O) groups excluding carboxylic acids is 1. The largest absolute Gasteiger partial charge is 0.427 e. The van der Waals surface area contributed by atoms with Crippen LogP contribution in [0.3, 0.4) is 0 Å². The molecule has 1 aromatic carbocycles. The molecule has 0 spiro atoms. The van der Waals surface area contributed by atoms with E-state index < -0.39 is 5.63 Å². The predicted molar refractivity (Wildman–Crippen MR) is 114 cm³/mol. The zero-order valence-corrected chi connectivity index (χ0v) is 17.2. The van der Waals surface area contributed by atoms with Crippen LogP contribution in [0.2, 0.25) is 0 Å². The number of nitrogens with zero attached hydrogens (tertiary/aromatic N) is 1. The molecule has 0 aliphatic carbocycles. The van der Waals surface area contributed by atoms with E-state index in [-0.39, 0.29) is 29.2 Å². The van der Waals surface area contributed by atoms with E-state index in [0.29, 0.717) is 11.3 Å². The maximum atomic E-state index is 13.1. The van der Waals surface area contributed by atoms with E-state index in [2.05, 4.69) is 15.5 Å². The van der Waals surface area contributed by atoms with Gasteiger partial charge in [0.1, 0.15) is 17.1 Å². The van der Waals surface area contributed by atoms with Gasteiger partial charge in [-0.05, 0) is 75.0 Å². The summed E-state index contributed by atoms with van der Waals surface area (Å²) in [6.07, 6.45) is 3.55. The number of anilines is 1. The van der Waals surface area contributed by atoms with Crippen molar-refractivity contribution in [3.05, 3.63) is 63.5 Å². The SMILES string of the molecule is Cc1cc(C2CCCNC2)oc(=O)c1C(=O)NC1CCN(c2ccc(F)cc2)CC1. The highest BCUT2D eigenvalue weighted by Crippen LogP contribution is 2.24. The summed E-state index contributed by atoms with van der Waals surface area (Å²) in [4.78, 5) is 27.5. The van der Waals surface area contributed by atoms with Gasteiger partial charge in [0.2, 0.25) is 0 Å². The van der Waals surface area contributed by atoms with Crippen molar-refractivity contribution in [2.75, 3.05) is 31.1 Å². The smallest absolute Gasteiger partial charge is 0.349 e. The van der Waals surface area contributed by atoms with Crippen LogP contribution in [0.25, 0.3) is 0 Å². The van der Waals surface area contributed by atoms with Crippen LogP contribution in [0.5, 0.6) is 0 Å². The van der Waals surface area contributed by atoms with Gasteiger partial charge in [-0.1, -0.05) is 0 Å². The van der Waals surface area contributed by atoms with Gasteiger partial charge >= 0.3 is 5.63 Å². The number of benzene rings is 1. The summed E-state index contributed by atoms with van der Waals surface area (Å²) in [6, 6.07) is 8.29. The summed E-state index contributed by atoms with van der Waals surface area (Å²) in [5, 5.41) is 6.32. The molecule has 1 atom stereocenters. The molecule has 2 fully saturated rings. The van der Waals surface area contributed by atoms with E-state index in [1.165, 1.54) is 12.1 Å². The Balaban J connectivity index is 1.38. The first-order chi connectivity index (χ1) is 14.5. The molecule has 3 heterocycles. The van der Waals surface area contributed by atoms with Gasteiger partial charge in [-0.3, -0.25) is 4.79 Å². The van der Waals surface area contributed by atoms with Crippen molar-refractivity contribution in [2.45, 2.75) is 44.6 Å². The normalized spacial score (nSPS) is 20.2. The molecule has 2 aliphatic rings. The lowest BCUT2D eigenvalue weighted by Crippen LogP contribution is -2.45. The molecule has 7 heteroatoms. The molecule has 0 saturated carbocycles. The van der Waals surface area contributed by atoms with E-state index in [1.807, 2.05) is 6.07 Å². The highest BCUT2D eigenvalue weighted by atomic mass is 19.1. The van der Waals surface area contributed by atoms with Crippen LogP contribution in [0, 0.1) is 12.7 Å². The zero-order chi connectivity index (χ0) is 21.1. The van der Waals surface area contributed by atoms with E-state index in [4.69, 9.17) is 4.42 Å². The monoisotopic (exact) mass is 413 g/mol. The van der Waals surface area contributed by atoms with Crippen molar-refractivity contribution in [3.63, 3.8) is 0 Å². The van der Waals surface area contributed by atoms with Gasteiger partial charge in [-0.2, -0.15) is 0 Å². The number of nitrogens with one attached hydrogen (secondary N) is 2. The van der Waals surface area contributed by atoms with E-state index >= 15 is 0 Å². The highest BCUT2D eigenvalue weighted by Gasteiger charge is 2.26. The number of piperidine rings is 2. The Morgan fingerprint density at radius 3 is 2.57 bits per heavy atom. The van der Waals surface area contributed by atoms with Gasteiger partial charge < -0.3 is 20.0 Å². The number of hydrogen-bond donors (Lipinski definition) is 2. The molecule has 2 aliphatic heterocycles. The first kappa shape index (κ1) is 20.6. The third-order valence-corrected chi connectivity index (χ3v) is 6.12. The van der Waals surface area contributed by atoms with Crippen LogP contribution in [-0.4, -0.2) is 38.1 Å². The summed E-state index contributed by atoms with van der Waals surface area (Å²) in [5.74, 6) is 0.225. The second-order valence-corrected chi connectivity index (χ2v) is 8.25. The second-order valence-electron chi connectivity index (χ2n) is 8.25. The minimum absolute atomic E-state index is 0.00443. The molecule has 1 unspecified atom stereocenters. The van der Waals surface area contributed by atoms with Gasteiger partial charge in [0.25, 0.3) is 5.91 Å². The minimum Gasteiger partial charge on any atom is -0.427 e. The summed E-state index contributed by atoms with van der Waals surface area (Å²) in [6.45, 7) is 5.10. The number of carbonyl (C=O) groups is 1. The molecule has 2 N–H and O–H groups in total. The molecule has 30 heavy (non-hydrogen) atoms. The molecule has 4 rings (SSSR count). The fourth-order valence-corrected chi connectivity index (χ4v) is 4.39. The van der Waals surface area contributed by atoms with Gasteiger partial charge in [-0.15, -0.1) is 0 Å². The third-order valence-electron chi connectivity index (χ3n) is 6.12. The number of hydrogen-bond acceptors (Lipinski definition) is 5. The van der Waals surface area contributed by atoms with Gasteiger partial charge in [0.15, 0.2) is 0 Å². The summed E-state index contributed by atoms with van der Waals surface area (Å²) in [5.41, 5.74) is 1.18. The second kappa shape index (κ2) is 9.00. The minimum atomic E-state index is -0.558. The average Bonchev–Trinajstić information content (AvgIpc) is 2.75. The van der Waals surface area contributed by atoms with Crippen molar-refractivity contribution in [1.82, 2.24) is 10.6 Å². The van der Waals surface area contributed by atoms with Gasteiger partial charge in [0, 0.05) is 37.3 Å². The number of rotatable bonds is 4. The van der Waals surface area contributed by atoms with E-state index in [1.54, 1.807) is 19.1 Å². The quantitative estimate of drug-likeness (QED) is 0.806. The molecule has 1 amide bonds. The molecule has 0 bridgehead atoms. The molecule has 160 valence electrons. The lowest BCUT2D eigenvalue weighted by molar-refractivity contribution is 0.0925. The first-order valence-electron chi connectivity index (χ1n) is 10.7. The standard InChI is InChI=1S/C23H28FN3O3/c1-15-13-20(16-3-2-10-25-14-16)30-23(29)21(15)22(28)26-18-8-11-27(12-9-18)19-6-4-17(24)5-7-19/h4-7,13,16,18,25H,2-3,8-12,14H2,1H3,(H,26,28). The Hall–Kier alpha value is -2.67. The van der Waals surface area contributed by atoms with Crippen molar-refractivity contribution in [3.8, 4) is 0 Å². The molecule has 6 nitrogen and oxygen atoms in total. The summed E-state index contributed by atoms with van der Waals surface area (Å²) < 4.78 is 18.6. The lowest BCUT2D eigenvalue weighted by atomic mass is 9.95. The van der Waals surface area contributed by atoms with Crippen LogP contribution in [-0.2, 0) is 0 Å².